The lowest BCUT2D eigenvalue weighted by molar-refractivity contribution is -0.134. The Bertz CT molecular complexity index is 1050. The first-order valence-electron chi connectivity index (χ1n) is 11.7. The summed E-state index contributed by atoms with van der Waals surface area (Å²) in [5, 5.41) is 3.00. The van der Waals surface area contributed by atoms with Crippen LogP contribution < -0.4 is 10.2 Å². The molecule has 0 aliphatic carbocycles. The molecule has 2 aromatic rings. The molecular weight excluding hydrogens is 430 g/mol. The van der Waals surface area contributed by atoms with E-state index in [1.54, 1.807) is 19.1 Å². The zero-order valence-corrected chi connectivity index (χ0v) is 21.1. The maximum Gasteiger partial charge on any atom is 0.332 e. The van der Waals surface area contributed by atoms with Crippen LogP contribution >= 0.6 is 0 Å². The van der Waals surface area contributed by atoms with E-state index in [9.17, 15) is 14.4 Å². The number of nitrogens with one attached hydrogen (secondary N) is 1. The van der Waals surface area contributed by atoms with Gasteiger partial charge in [-0.15, -0.1) is 0 Å². The first-order valence-corrected chi connectivity index (χ1v) is 11.7. The minimum absolute atomic E-state index is 0.0112. The number of nitrogens with zero attached hydrogens (tertiary/aromatic N) is 2. The number of aryl methyl sites for hydroxylation is 1. The standard InChI is InChI=1S/C27H35N3O4/c1-17(2)21-9-8-10-22(18(3)4)24(21)28-23(31)15-29-25(32)27(6,16-34-7)30(26(29)33)20-13-11-19(5)12-14-20/h8-14,17-18H,15-16H2,1-7H3,(H,28,31). The van der Waals surface area contributed by atoms with E-state index in [0.29, 0.717) is 5.69 Å². The SMILES string of the molecule is COCC1(C)C(=O)N(CC(=O)Nc2c(C(C)C)cccc2C(C)C)C(=O)N1c1ccc(C)cc1. The quantitative estimate of drug-likeness (QED) is 0.553. The summed E-state index contributed by atoms with van der Waals surface area (Å²) in [5.74, 6) is -0.476. The Kier molecular flexibility index (Phi) is 7.46. The molecule has 1 aliphatic heterocycles. The number of benzene rings is 2. The third kappa shape index (κ3) is 4.71. The number of anilines is 2. The molecule has 1 unspecified atom stereocenters. The summed E-state index contributed by atoms with van der Waals surface area (Å²) in [6.07, 6.45) is 0. The molecule has 0 spiro atoms. The van der Waals surface area contributed by atoms with Crippen molar-refractivity contribution in [3.05, 3.63) is 59.2 Å². The molecule has 2 aromatic carbocycles. The largest absolute Gasteiger partial charge is 0.382 e. The van der Waals surface area contributed by atoms with Gasteiger partial charge in [0.15, 0.2) is 0 Å². The van der Waals surface area contributed by atoms with Crippen LogP contribution in [0.15, 0.2) is 42.5 Å². The molecule has 1 fully saturated rings. The number of ether oxygens (including phenoxy) is 1. The predicted octanol–water partition coefficient (Wildman–Crippen LogP) is 5.05. The van der Waals surface area contributed by atoms with Crippen LogP contribution in [0.4, 0.5) is 16.2 Å². The fourth-order valence-corrected chi connectivity index (χ4v) is 4.46. The first kappa shape index (κ1) is 25.4. The minimum atomic E-state index is -1.25. The Morgan fingerprint density at radius 1 is 1.00 bits per heavy atom. The molecule has 0 radical (unpaired) electrons. The van der Waals surface area contributed by atoms with Crippen LogP contribution in [0.3, 0.4) is 0 Å². The topological polar surface area (TPSA) is 79.0 Å². The number of para-hydroxylation sites is 1. The second-order valence-corrected chi connectivity index (χ2v) is 9.72. The number of imide groups is 1. The number of hydrogen-bond acceptors (Lipinski definition) is 4. The Morgan fingerprint density at radius 3 is 2.06 bits per heavy atom. The maximum absolute atomic E-state index is 13.4. The second-order valence-electron chi connectivity index (χ2n) is 9.72. The molecule has 1 N–H and O–H groups in total. The van der Waals surface area contributed by atoms with Gasteiger partial charge >= 0.3 is 6.03 Å². The molecule has 1 saturated heterocycles. The van der Waals surface area contributed by atoms with Crippen molar-refractivity contribution in [2.24, 2.45) is 0 Å². The summed E-state index contributed by atoms with van der Waals surface area (Å²) in [6.45, 7) is 11.5. The Labute approximate surface area is 202 Å². The predicted molar refractivity (Wildman–Crippen MR) is 134 cm³/mol. The highest BCUT2D eigenvalue weighted by atomic mass is 16.5. The van der Waals surface area contributed by atoms with E-state index in [4.69, 9.17) is 4.74 Å². The van der Waals surface area contributed by atoms with Crippen molar-refractivity contribution >= 4 is 29.2 Å². The van der Waals surface area contributed by atoms with Gasteiger partial charge in [0.2, 0.25) is 5.91 Å². The molecule has 182 valence electrons. The van der Waals surface area contributed by atoms with Crippen molar-refractivity contribution in [3.8, 4) is 0 Å². The summed E-state index contributed by atoms with van der Waals surface area (Å²) in [7, 11) is 1.49. The minimum Gasteiger partial charge on any atom is -0.382 e. The van der Waals surface area contributed by atoms with E-state index >= 15 is 0 Å². The van der Waals surface area contributed by atoms with Crippen molar-refractivity contribution in [1.82, 2.24) is 4.90 Å². The third-order valence-electron chi connectivity index (χ3n) is 6.28. The van der Waals surface area contributed by atoms with Gasteiger partial charge in [0.1, 0.15) is 12.1 Å². The van der Waals surface area contributed by atoms with Crippen molar-refractivity contribution in [1.29, 1.82) is 0 Å². The van der Waals surface area contributed by atoms with E-state index in [2.05, 4.69) is 33.0 Å². The molecule has 0 bridgehead atoms. The Balaban J connectivity index is 1.91. The Hall–Kier alpha value is -3.19. The average Bonchev–Trinajstić information content (AvgIpc) is 2.95. The second kappa shape index (κ2) is 9.97. The van der Waals surface area contributed by atoms with Gasteiger partial charge in [-0.2, -0.15) is 0 Å². The molecule has 0 aromatic heterocycles. The summed E-state index contributed by atoms with van der Waals surface area (Å²) < 4.78 is 5.31. The zero-order valence-electron chi connectivity index (χ0n) is 21.1. The van der Waals surface area contributed by atoms with Gasteiger partial charge in [-0.25, -0.2) is 4.79 Å². The van der Waals surface area contributed by atoms with Crippen LogP contribution in [0.5, 0.6) is 0 Å². The molecule has 34 heavy (non-hydrogen) atoms. The van der Waals surface area contributed by atoms with Gasteiger partial charge in [-0.3, -0.25) is 19.4 Å². The zero-order chi connectivity index (χ0) is 25.2. The van der Waals surface area contributed by atoms with Crippen LogP contribution in [-0.2, 0) is 14.3 Å². The molecule has 4 amide bonds. The van der Waals surface area contributed by atoms with Gasteiger partial charge < -0.3 is 10.1 Å². The molecule has 1 atom stereocenters. The molecule has 7 heteroatoms. The van der Waals surface area contributed by atoms with Crippen LogP contribution in [-0.4, -0.2) is 48.5 Å². The van der Waals surface area contributed by atoms with Gasteiger partial charge in [0.25, 0.3) is 5.91 Å². The van der Waals surface area contributed by atoms with Gasteiger partial charge in [0, 0.05) is 18.5 Å². The number of urea groups is 1. The number of methoxy groups -OCH3 is 1. The van der Waals surface area contributed by atoms with Gasteiger partial charge in [-0.1, -0.05) is 63.6 Å². The number of amides is 4. The van der Waals surface area contributed by atoms with Gasteiger partial charge in [0.05, 0.1) is 6.61 Å². The summed E-state index contributed by atoms with van der Waals surface area (Å²) >= 11 is 0. The number of hydrogen-bond donors (Lipinski definition) is 1. The van der Waals surface area contributed by atoms with Crippen molar-refractivity contribution in [3.63, 3.8) is 0 Å². The van der Waals surface area contributed by atoms with Crippen LogP contribution in [0.1, 0.15) is 63.1 Å². The van der Waals surface area contributed by atoms with E-state index in [1.165, 1.54) is 12.0 Å². The lowest BCUT2D eigenvalue weighted by Gasteiger charge is -2.31. The van der Waals surface area contributed by atoms with Gasteiger partial charge in [-0.05, 0) is 48.9 Å². The molecular formula is C27H35N3O4. The molecule has 0 saturated carbocycles. The number of carbonyl (C=O) groups is 3. The highest BCUT2D eigenvalue weighted by Crippen LogP contribution is 2.35. The smallest absolute Gasteiger partial charge is 0.332 e. The number of rotatable bonds is 8. The fraction of sp³-hybridized carbons (Fsp3) is 0.444. The lowest BCUT2D eigenvalue weighted by Crippen LogP contribution is -2.51. The fourth-order valence-electron chi connectivity index (χ4n) is 4.46. The average molecular weight is 466 g/mol. The van der Waals surface area contributed by atoms with Crippen LogP contribution in [0.2, 0.25) is 0 Å². The van der Waals surface area contributed by atoms with Crippen LogP contribution in [0, 0.1) is 6.92 Å². The molecule has 1 heterocycles. The third-order valence-corrected chi connectivity index (χ3v) is 6.28. The maximum atomic E-state index is 13.4. The van der Waals surface area contributed by atoms with E-state index in [-0.39, 0.29) is 25.0 Å². The summed E-state index contributed by atoms with van der Waals surface area (Å²) in [4.78, 5) is 42.4. The summed E-state index contributed by atoms with van der Waals surface area (Å²) in [6, 6.07) is 12.8. The molecule has 3 rings (SSSR count). The monoisotopic (exact) mass is 465 g/mol. The summed E-state index contributed by atoms with van der Waals surface area (Å²) in [5.41, 5.74) is 3.16. The van der Waals surface area contributed by atoms with Crippen molar-refractivity contribution < 1.29 is 19.1 Å². The van der Waals surface area contributed by atoms with Crippen molar-refractivity contribution in [2.45, 2.75) is 58.9 Å². The van der Waals surface area contributed by atoms with E-state index < -0.39 is 23.4 Å². The van der Waals surface area contributed by atoms with Crippen molar-refractivity contribution in [2.75, 3.05) is 30.5 Å². The molecule has 7 nitrogen and oxygen atoms in total. The lowest BCUT2D eigenvalue weighted by atomic mass is 9.92. The molecule has 1 aliphatic rings. The normalized spacial score (nSPS) is 18.4. The highest BCUT2D eigenvalue weighted by Gasteiger charge is 2.55. The van der Waals surface area contributed by atoms with E-state index in [0.717, 1.165) is 27.3 Å². The Morgan fingerprint density at radius 2 is 1.56 bits per heavy atom. The number of carbonyl (C=O) groups excluding carboxylic acids is 3. The first-order chi connectivity index (χ1) is 16.0. The van der Waals surface area contributed by atoms with E-state index in [1.807, 2.05) is 37.3 Å². The highest BCUT2D eigenvalue weighted by molar-refractivity contribution is 6.18. The van der Waals surface area contributed by atoms with Crippen LogP contribution in [0.25, 0.3) is 0 Å².